The smallest absolute Gasteiger partial charge is 0.258 e. The number of amides is 1. The van der Waals surface area contributed by atoms with E-state index in [0.29, 0.717) is 0 Å². The van der Waals surface area contributed by atoms with Crippen LogP contribution in [0.5, 0.6) is 5.75 Å². The molecule has 1 unspecified atom stereocenters. The van der Waals surface area contributed by atoms with Gasteiger partial charge in [0.15, 0.2) is 15.4 Å². The minimum atomic E-state index is -3.46. The largest absolute Gasteiger partial charge is 0.496 e. The van der Waals surface area contributed by atoms with Crippen LogP contribution in [0.25, 0.3) is 0 Å². The van der Waals surface area contributed by atoms with E-state index in [1.165, 1.54) is 25.3 Å². The lowest BCUT2D eigenvalue weighted by Crippen LogP contribution is -2.42. The van der Waals surface area contributed by atoms with Gasteiger partial charge in [-0.05, 0) is 17.7 Å². The third-order valence-corrected chi connectivity index (χ3v) is 4.65. The Labute approximate surface area is 134 Å². The summed E-state index contributed by atoms with van der Waals surface area (Å²) in [6.07, 6.45) is 1.05. The van der Waals surface area contributed by atoms with E-state index < -0.39 is 21.3 Å². The number of rotatable bonds is 5. The third-order valence-electron chi connectivity index (χ3n) is 3.54. The summed E-state index contributed by atoms with van der Waals surface area (Å²) in [5, 5.41) is 10.9. The van der Waals surface area contributed by atoms with E-state index in [-0.39, 0.29) is 21.8 Å². The van der Waals surface area contributed by atoms with Crippen LogP contribution in [0.4, 0.5) is 0 Å². The van der Waals surface area contributed by atoms with Gasteiger partial charge in [0.25, 0.3) is 5.91 Å². The first-order valence-corrected chi connectivity index (χ1v) is 8.56. The van der Waals surface area contributed by atoms with Gasteiger partial charge in [0.1, 0.15) is 5.75 Å². The minimum absolute atomic E-state index is 0.0120. The van der Waals surface area contributed by atoms with E-state index in [2.05, 4.69) is 0 Å². The van der Waals surface area contributed by atoms with Crippen molar-refractivity contribution < 1.29 is 23.1 Å². The summed E-state index contributed by atoms with van der Waals surface area (Å²) in [7, 11) is -2.14. The Morgan fingerprint density at radius 3 is 2.26 bits per heavy atom. The SMILES string of the molecule is COc1cc(S(C)(=O)=O)ccc1C(O)(C(N)=O)c1ccccc1. The van der Waals surface area contributed by atoms with Crippen LogP contribution in [0.2, 0.25) is 0 Å². The molecule has 0 bridgehead atoms. The van der Waals surface area contributed by atoms with E-state index >= 15 is 0 Å². The third kappa shape index (κ3) is 3.06. The van der Waals surface area contributed by atoms with Crippen molar-refractivity contribution in [1.29, 1.82) is 0 Å². The molecule has 0 aliphatic rings. The number of hydrogen-bond donors (Lipinski definition) is 2. The molecule has 0 saturated carbocycles. The summed E-state index contributed by atoms with van der Waals surface area (Å²) in [5.41, 5.74) is 3.62. The average Bonchev–Trinajstić information content (AvgIpc) is 2.53. The molecule has 2 aromatic rings. The quantitative estimate of drug-likeness (QED) is 0.841. The summed E-state index contributed by atoms with van der Waals surface area (Å²) in [4.78, 5) is 12.0. The number of primary amides is 1. The zero-order chi connectivity index (χ0) is 17.3. The predicted octanol–water partition coefficient (Wildman–Crippen LogP) is 0.820. The monoisotopic (exact) mass is 335 g/mol. The van der Waals surface area contributed by atoms with Crippen LogP contribution >= 0.6 is 0 Å². The van der Waals surface area contributed by atoms with Crippen molar-refractivity contribution in [3.63, 3.8) is 0 Å². The van der Waals surface area contributed by atoms with Crippen molar-refractivity contribution in [1.82, 2.24) is 0 Å². The van der Waals surface area contributed by atoms with Crippen molar-refractivity contribution in [3.05, 3.63) is 59.7 Å². The highest BCUT2D eigenvalue weighted by molar-refractivity contribution is 7.90. The van der Waals surface area contributed by atoms with Gasteiger partial charge in [-0.1, -0.05) is 36.4 Å². The molecule has 0 aliphatic carbocycles. The second kappa shape index (κ2) is 6.02. The highest BCUT2D eigenvalue weighted by Crippen LogP contribution is 2.36. The number of ether oxygens (including phenoxy) is 1. The molecule has 1 atom stereocenters. The molecule has 1 amide bonds. The summed E-state index contributed by atoms with van der Waals surface area (Å²) in [6, 6.07) is 12.0. The van der Waals surface area contributed by atoms with Crippen LogP contribution in [0, 0.1) is 0 Å². The van der Waals surface area contributed by atoms with Crippen molar-refractivity contribution in [3.8, 4) is 5.75 Å². The lowest BCUT2D eigenvalue weighted by molar-refractivity contribution is -0.133. The van der Waals surface area contributed by atoms with E-state index in [9.17, 15) is 18.3 Å². The summed E-state index contributed by atoms with van der Waals surface area (Å²) in [5.74, 6) is -0.938. The van der Waals surface area contributed by atoms with Crippen molar-refractivity contribution in [2.45, 2.75) is 10.5 Å². The molecule has 0 saturated heterocycles. The molecule has 0 radical (unpaired) electrons. The number of hydrogen-bond acceptors (Lipinski definition) is 5. The number of methoxy groups -OCH3 is 1. The fraction of sp³-hybridized carbons (Fsp3) is 0.188. The van der Waals surface area contributed by atoms with Gasteiger partial charge < -0.3 is 15.6 Å². The van der Waals surface area contributed by atoms with Gasteiger partial charge in [-0.15, -0.1) is 0 Å². The number of aliphatic hydroxyl groups is 1. The molecule has 2 rings (SSSR count). The maximum Gasteiger partial charge on any atom is 0.258 e. The molecule has 122 valence electrons. The predicted molar refractivity (Wildman–Crippen MR) is 84.7 cm³/mol. The van der Waals surface area contributed by atoms with Crippen LogP contribution in [0.3, 0.4) is 0 Å². The number of carbonyl (C=O) groups is 1. The second-order valence-corrected chi connectivity index (χ2v) is 7.09. The molecule has 6 nitrogen and oxygen atoms in total. The molecule has 3 N–H and O–H groups in total. The normalized spacial score (nSPS) is 14.0. The Kier molecular flexibility index (Phi) is 4.44. The van der Waals surface area contributed by atoms with Crippen LogP contribution < -0.4 is 10.5 Å². The molecule has 2 aromatic carbocycles. The fourth-order valence-corrected chi connectivity index (χ4v) is 2.95. The van der Waals surface area contributed by atoms with Crippen LogP contribution in [0.1, 0.15) is 11.1 Å². The average molecular weight is 335 g/mol. The zero-order valence-electron chi connectivity index (χ0n) is 12.7. The first-order valence-electron chi connectivity index (χ1n) is 6.67. The second-order valence-electron chi connectivity index (χ2n) is 5.07. The van der Waals surface area contributed by atoms with Gasteiger partial charge in [-0.2, -0.15) is 0 Å². The zero-order valence-corrected chi connectivity index (χ0v) is 13.5. The molecular weight excluding hydrogens is 318 g/mol. The van der Waals surface area contributed by atoms with Crippen LogP contribution in [-0.4, -0.2) is 32.8 Å². The van der Waals surface area contributed by atoms with Gasteiger partial charge >= 0.3 is 0 Å². The molecule has 0 fully saturated rings. The Hall–Kier alpha value is -2.38. The summed E-state index contributed by atoms with van der Waals surface area (Å²) < 4.78 is 28.5. The Morgan fingerprint density at radius 1 is 1.17 bits per heavy atom. The molecule has 0 aliphatic heterocycles. The molecule has 0 spiro atoms. The van der Waals surface area contributed by atoms with Gasteiger partial charge in [0.05, 0.1) is 12.0 Å². The van der Waals surface area contributed by atoms with Crippen molar-refractivity contribution in [2.75, 3.05) is 13.4 Å². The summed E-state index contributed by atoms with van der Waals surface area (Å²) in [6.45, 7) is 0. The van der Waals surface area contributed by atoms with E-state index in [0.717, 1.165) is 6.26 Å². The lowest BCUT2D eigenvalue weighted by Gasteiger charge is -2.27. The Bertz CT molecular complexity index is 833. The maximum atomic E-state index is 12.0. The van der Waals surface area contributed by atoms with E-state index in [1.54, 1.807) is 30.3 Å². The lowest BCUT2D eigenvalue weighted by atomic mass is 9.85. The van der Waals surface area contributed by atoms with Crippen molar-refractivity contribution in [2.24, 2.45) is 5.73 Å². The highest BCUT2D eigenvalue weighted by Gasteiger charge is 2.40. The standard InChI is InChI=1S/C16H17NO5S/c1-22-14-10-12(23(2,20)21)8-9-13(14)16(19,15(17)18)11-6-4-3-5-7-11/h3-10,19H,1-2H3,(H2,17,18). The van der Waals surface area contributed by atoms with Gasteiger partial charge in [-0.25, -0.2) is 8.42 Å². The Morgan fingerprint density at radius 2 is 1.78 bits per heavy atom. The van der Waals surface area contributed by atoms with E-state index in [1.807, 2.05) is 0 Å². The number of nitrogens with two attached hydrogens (primary N) is 1. The van der Waals surface area contributed by atoms with Crippen LogP contribution in [-0.2, 0) is 20.2 Å². The van der Waals surface area contributed by atoms with Gasteiger partial charge in [0.2, 0.25) is 0 Å². The van der Waals surface area contributed by atoms with Crippen molar-refractivity contribution >= 4 is 15.7 Å². The first-order chi connectivity index (χ1) is 10.7. The molecule has 7 heteroatoms. The van der Waals surface area contributed by atoms with E-state index in [4.69, 9.17) is 10.5 Å². The molecular formula is C16H17NO5S. The van der Waals surface area contributed by atoms with Gasteiger partial charge in [-0.3, -0.25) is 4.79 Å². The molecule has 23 heavy (non-hydrogen) atoms. The van der Waals surface area contributed by atoms with Crippen LogP contribution in [0.15, 0.2) is 53.4 Å². The van der Waals surface area contributed by atoms with Gasteiger partial charge in [0, 0.05) is 11.8 Å². The first kappa shape index (κ1) is 17.0. The highest BCUT2D eigenvalue weighted by atomic mass is 32.2. The molecule has 0 aromatic heterocycles. The molecule has 0 heterocycles. The number of sulfone groups is 1. The number of carbonyl (C=O) groups excluding carboxylic acids is 1. The summed E-state index contributed by atoms with van der Waals surface area (Å²) >= 11 is 0. The maximum absolute atomic E-state index is 12.0. The minimum Gasteiger partial charge on any atom is -0.496 e. The topological polar surface area (TPSA) is 107 Å². The number of benzene rings is 2. The fourth-order valence-electron chi connectivity index (χ4n) is 2.31. The Balaban J connectivity index is 2.73.